The van der Waals surface area contributed by atoms with Gasteiger partial charge in [-0.25, -0.2) is 9.37 Å². The lowest BCUT2D eigenvalue weighted by Gasteiger charge is -2.32. The number of benzene rings is 1. The molecule has 1 saturated heterocycles. The largest absolute Gasteiger partial charge is 0.525 e. The number of hydrogen-bond donors (Lipinski definition) is 0. The number of para-hydroxylation sites is 2. The highest BCUT2D eigenvalue weighted by Crippen LogP contribution is 2.39. The monoisotopic (exact) mass is 330 g/mol. The molecule has 2 heterocycles. The molecular formula is C18H24BFN2O2. The minimum absolute atomic E-state index is 0.162. The lowest BCUT2D eigenvalue weighted by molar-refractivity contribution is 0.00578. The first-order chi connectivity index (χ1) is 11.1. The highest BCUT2D eigenvalue weighted by Gasteiger charge is 2.53. The van der Waals surface area contributed by atoms with Crippen molar-refractivity contribution in [2.45, 2.75) is 58.8 Å². The van der Waals surface area contributed by atoms with Crippen LogP contribution in [0.3, 0.4) is 0 Å². The fraction of sp³-hybridized carbons (Fsp3) is 0.500. The molecule has 2 aromatic rings. The van der Waals surface area contributed by atoms with Crippen LogP contribution in [-0.2, 0) is 9.31 Å². The number of rotatable bonds is 3. The molecule has 1 aliphatic rings. The number of imidazole rings is 1. The molecule has 0 saturated carbocycles. The Morgan fingerprint density at radius 2 is 1.75 bits per heavy atom. The van der Waals surface area contributed by atoms with Gasteiger partial charge in [0, 0.05) is 12.1 Å². The molecule has 6 heteroatoms. The first kappa shape index (κ1) is 17.2. The first-order valence-corrected chi connectivity index (χ1v) is 8.32. The molecule has 128 valence electrons. The quantitative estimate of drug-likeness (QED) is 0.774. The summed E-state index contributed by atoms with van der Waals surface area (Å²) in [5, 5.41) is 0. The molecule has 0 aliphatic carbocycles. The fourth-order valence-electron chi connectivity index (χ4n) is 2.85. The van der Waals surface area contributed by atoms with Crippen molar-refractivity contribution in [3.63, 3.8) is 0 Å². The average molecular weight is 330 g/mol. The Bertz CT molecular complexity index is 779. The summed E-state index contributed by atoms with van der Waals surface area (Å²) in [4.78, 5) is 4.55. The van der Waals surface area contributed by atoms with Gasteiger partial charge in [-0.2, -0.15) is 0 Å². The van der Waals surface area contributed by atoms with Crippen molar-refractivity contribution >= 4 is 24.2 Å². The minimum atomic E-state index is -1.00. The molecule has 1 aromatic carbocycles. The van der Waals surface area contributed by atoms with E-state index in [0.29, 0.717) is 5.82 Å². The van der Waals surface area contributed by atoms with Gasteiger partial charge in [0.05, 0.1) is 22.2 Å². The fourth-order valence-corrected chi connectivity index (χ4v) is 2.85. The molecular weight excluding hydrogens is 306 g/mol. The SMILES string of the molecule is CC(C)n1c(C=C(F)B2OC(C)(C)C(C)(C)O2)nc2ccccc21. The third kappa shape index (κ3) is 2.78. The van der Waals surface area contributed by atoms with Crippen molar-refractivity contribution in [2.24, 2.45) is 0 Å². The van der Waals surface area contributed by atoms with Crippen molar-refractivity contribution in [2.75, 3.05) is 0 Å². The summed E-state index contributed by atoms with van der Waals surface area (Å²) >= 11 is 0. The second-order valence-electron chi connectivity index (χ2n) is 7.54. The van der Waals surface area contributed by atoms with Gasteiger partial charge in [0.25, 0.3) is 0 Å². The van der Waals surface area contributed by atoms with Crippen LogP contribution in [0.1, 0.15) is 53.4 Å². The smallest absolute Gasteiger partial charge is 0.398 e. The Morgan fingerprint density at radius 3 is 2.33 bits per heavy atom. The number of nitrogens with zero attached hydrogens (tertiary/aromatic N) is 2. The van der Waals surface area contributed by atoms with Gasteiger partial charge in [0.2, 0.25) is 0 Å². The topological polar surface area (TPSA) is 36.3 Å². The molecule has 4 nitrogen and oxygen atoms in total. The normalized spacial score (nSPS) is 20.3. The Hall–Kier alpha value is -1.66. The summed E-state index contributed by atoms with van der Waals surface area (Å²) in [6.45, 7) is 11.7. The molecule has 0 atom stereocenters. The second kappa shape index (κ2) is 5.71. The van der Waals surface area contributed by atoms with Crippen LogP contribution in [0.25, 0.3) is 17.1 Å². The maximum Gasteiger partial charge on any atom is 0.525 e. The molecule has 1 fully saturated rings. The van der Waals surface area contributed by atoms with Crippen molar-refractivity contribution in [3.8, 4) is 0 Å². The summed E-state index contributed by atoms with van der Waals surface area (Å²) in [5.41, 5.74) is 0.229. The molecule has 0 amide bonds. The Morgan fingerprint density at radius 1 is 1.17 bits per heavy atom. The van der Waals surface area contributed by atoms with Crippen molar-refractivity contribution < 1.29 is 13.7 Å². The van der Waals surface area contributed by atoms with E-state index in [-0.39, 0.29) is 6.04 Å². The van der Waals surface area contributed by atoms with E-state index in [1.54, 1.807) is 0 Å². The summed E-state index contributed by atoms with van der Waals surface area (Å²) in [5.74, 6) is 0.568. The molecule has 0 spiro atoms. The van der Waals surface area contributed by atoms with E-state index in [2.05, 4.69) is 18.8 Å². The van der Waals surface area contributed by atoms with E-state index in [1.165, 1.54) is 6.08 Å². The summed E-state index contributed by atoms with van der Waals surface area (Å²) < 4.78 is 28.4. The van der Waals surface area contributed by atoms with Crippen LogP contribution < -0.4 is 0 Å². The standard InChI is InChI=1S/C18H24BFN2O2/c1-12(2)22-14-10-8-7-9-13(14)21-16(22)11-15(20)19-23-17(3,4)18(5,6)24-19/h7-12H,1-6H3. The summed E-state index contributed by atoms with van der Waals surface area (Å²) in [6, 6.07) is 7.97. The van der Waals surface area contributed by atoms with Gasteiger partial charge >= 0.3 is 7.12 Å². The van der Waals surface area contributed by atoms with Gasteiger partial charge in [-0.3, -0.25) is 0 Å². The number of halogens is 1. The van der Waals surface area contributed by atoms with Gasteiger partial charge in [-0.05, 0) is 53.7 Å². The molecule has 1 aliphatic heterocycles. The van der Waals surface area contributed by atoms with E-state index in [1.807, 2.05) is 56.5 Å². The Kier molecular flexibility index (Phi) is 4.08. The third-order valence-electron chi connectivity index (χ3n) is 4.88. The predicted molar refractivity (Wildman–Crippen MR) is 95.3 cm³/mol. The summed E-state index contributed by atoms with van der Waals surface area (Å²) in [6.07, 6.45) is 1.42. The zero-order chi connectivity index (χ0) is 17.7. The van der Waals surface area contributed by atoms with Gasteiger partial charge in [0.1, 0.15) is 11.6 Å². The molecule has 24 heavy (non-hydrogen) atoms. The van der Waals surface area contributed by atoms with Crippen LogP contribution >= 0.6 is 0 Å². The molecule has 3 rings (SSSR count). The number of hydrogen-bond acceptors (Lipinski definition) is 3. The lowest BCUT2D eigenvalue weighted by atomic mass is 9.87. The van der Waals surface area contributed by atoms with E-state index in [9.17, 15) is 4.39 Å². The van der Waals surface area contributed by atoms with Crippen LogP contribution in [-0.4, -0.2) is 27.9 Å². The second-order valence-corrected chi connectivity index (χ2v) is 7.54. The average Bonchev–Trinajstić information content (AvgIpc) is 2.93. The zero-order valence-electron chi connectivity index (χ0n) is 15.1. The van der Waals surface area contributed by atoms with Crippen LogP contribution in [0.15, 0.2) is 30.0 Å². The van der Waals surface area contributed by atoms with Gasteiger partial charge in [0.15, 0.2) is 0 Å². The highest BCUT2D eigenvalue weighted by atomic mass is 19.1. The molecule has 1 aromatic heterocycles. The van der Waals surface area contributed by atoms with Crippen molar-refractivity contribution in [3.05, 3.63) is 35.8 Å². The lowest BCUT2D eigenvalue weighted by Crippen LogP contribution is -2.41. The molecule has 0 radical (unpaired) electrons. The van der Waals surface area contributed by atoms with Crippen LogP contribution in [0.4, 0.5) is 4.39 Å². The van der Waals surface area contributed by atoms with Crippen LogP contribution in [0, 0.1) is 0 Å². The summed E-state index contributed by atoms with van der Waals surface area (Å²) in [7, 11) is -1.00. The van der Waals surface area contributed by atoms with Crippen LogP contribution in [0.2, 0.25) is 0 Å². The zero-order valence-corrected chi connectivity index (χ0v) is 15.1. The predicted octanol–water partition coefficient (Wildman–Crippen LogP) is 4.56. The Balaban J connectivity index is 2.00. The van der Waals surface area contributed by atoms with Gasteiger partial charge < -0.3 is 13.9 Å². The van der Waals surface area contributed by atoms with Crippen molar-refractivity contribution in [1.29, 1.82) is 0 Å². The minimum Gasteiger partial charge on any atom is -0.398 e. The van der Waals surface area contributed by atoms with Gasteiger partial charge in [-0.15, -0.1) is 0 Å². The van der Waals surface area contributed by atoms with Gasteiger partial charge in [-0.1, -0.05) is 12.1 Å². The third-order valence-corrected chi connectivity index (χ3v) is 4.88. The number of aromatic nitrogens is 2. The molecule has 0 bridgehead atoms. The first-order valence-electron chi connectivity index (χ1n) is 8.32. The Labute approximate surface area is 142 Å². The van der Waals surface area contributed by atoms with E-state index in [4.69, 9.17) is 9.31 Å². The maximum atomic E-state index is 14.8. The van der Waals surface area contributed by atoms with E-state index in [0.717, 1.165) is 11.0 Å². The van der Waals surface area contributed by atoms with E-state index >= 15 is 0 Å². The molecule has 0 unspecified atom stereocenters. The highest BCUT2D eigenvalue weighted by molar-refractivity contribution is 6.54. The number of fused-ring (bicyclic) bond motifs is 1. The molecule has 0 N–H and O–H groups in total. The maximum absolute atomic E-state index is 14.8. The van der Waals surface area contributed by atoms with Crippen LogP contribution in [0.5, 0.6) is 0 Å². The van der Waals surface area contributed by atoms with E-state index < -0.39 is 24.0 Å². The van der Waals surface area contributed by atoms with Crippen molar-refractivity contribution in [1.82, 2.24) is 9.55 Å².